The minimum Gasteiger partial charge on any atom is -0.497 e. The van der Waals surface area contributed by atoms with Gasteiger partial charge in [0.05, 0.1) is 12.6 Å². The number of aryl methyl sites for hydroxylation is 1. The van der Waals surface area contributed by atoms with Gasteiger partial charge in [0.2, 0.25) is 0 Å². The largest absolute Gasteiger partial charge is 0.497 e. The van der Waals surface area contributed by atoms with Crippen molar-refractivity contribution in [3.63, 3.8) is 0 Å². The zero-order valence-corrected chi connectivity index (χ0v) is 20.2. The van der Waals surface area contributed by atoms with Crippen molar-refractivity contribution in [2.45, 2.75) is 51.2 Å². The predicted molar refractivity (Wildman–Crippen MR) is 128 cm³/mol. The Morgan fingerprint density at radius 2 is 1.82 bits per heavy atom. The fraction of sp³-hybridized carbons (Fsp3) is 0.560. The second kappa shape index (κ2) is 9.95. The minimum absolute atomic E-state index is 0.00611. The van der Waals surface area contributed by atoms with E-state index in [-0.39, 0.29) is 23.8 Å². The summed E-state index contributed by atoms with van der Waals surface area (Å²) in [5.74, 6) is 0.448. The SMILES string of the molecule is COc1ccc2cc(C(=O)N3CCN(C(=O)[C@@H](OC(N)=O)C4CCCCC4)[C@@H](C)C3)n(C)c2c1. The summed E-state index contributed by atoms with van der Waals surface area (Å²) in [5, 5.41) is 0.965. The standard InChI is InChI=1S/C25H34N4O5/c1-16-15-28(23(30)21-13-18-9-10-19(33-3)14-20(18)27(21)2)11-12-29(16)24(31)22(34-25(26)32)17-7-5-4-6-8-17/h9-10,13-14,16-17,22H,4-8,11-12,15H2,1-3H3,(H2,26,32)/t16-,22-/m0/s1. The summed E-state index contributed by atoms with van der Waals surface area (Å²) in [7, 11) is 3.49. The van der Waals surface area contributed by atoms with Gasteiger partial charge in [0.25, 0.3) is 11.8 Å². The highest BCUT2D eigenvalue weighted by Gasteiger charge is 2.39. The number of carbonyl (C=O) groups excluding carboxylic acids is 3. The number of carbonyl (C=O) groups is 3. The van der Waals surface area contributed by atoms with Gasteiger partial charge < -0.3 is 29.6 Å². The van der Waals surface area contributed by atoms with E-state index in [0.29, 0.717) is 25.3 Å². The molecule has 1 aromatic carbocycles. The number of primary amides is 1. The molecule has 1 aromatic heterocycles. The Kier molecular flexibility index (Phi) is 7.00. The van der Waals surface area contributed by atoms with Crippen molar-refractivity contribution in [3.05, 3.63) is 30.0 Å². The molecule has 34 heavy (non-hydrogen) atoms. The molecule has 3 amide bonds. The van der Waals surface area contributed by atoms with Crippen LogP contribution in [0.15, 0.2) is 24.3 Å². The van der Waals surface area contributed by atoms with Gasteiger partial charge in [-0.2, -0.15) is 0 Å². The summed E-state index contributed by atoms with van der Waals surface area (Å²) >= 11 is 0. The molecule has 2 fully saturated rings. The number of piperazine rings is 1. The fourth-order valence-electron chi connectivity index (χ4n) is 5.35. The maximum Gasteiger partial charge on any atom is 0.405 e. The molecule has 0 radical (unpaired) electrons. The Morgan fingerprint density at radius 1 is 1.09 bits per heavy atom. The van der Waals surface area contributed by atoms with Gasteiger partial charge in [-0.15, -0.1) is 0 Å². The van der Waals surface area contributed by atoms with Crippen LogP contribution in [0, 0.1) is 5.92 Å². The molecule has 9 nitrogen and oxygen atoms in total. The smallest absolute Gasteiger partial charge is 0.405 e. The summed E-state index contributed by atoms with van der Waals surface area (Å²) in [6, 6.07) is 7.41. The van der Waals surface area contributed by atoms with Crippen molar-refractivity contribution in [3.8, 4) is 5.75 Å². The average Bonchev–Trinajstić information content (AvgIpc) is 3.17. The number of ether oxygens (including phenoxy) is 2. The summed E-state index contributed by atoms with van der Waals surface area (Å²) in [5.41, 5.74) is 6.81. The molecule has 184 valence electrons. The molecule has 9 heteroatoms. The number of hydrogen-bond donors (Lipinski definition) is 1. The Bertz CT molecular complexity index is 1070. The topological polar surface area (TPSA) is 107 Å². The van der Waals surface area contributed by atoms with E-state index in [1.54, 1.807) is 16.9 Å². The average molecular weight is 471 g/mol. The molecular weight excluding hydrogens is 436 g/mol. The molecule has 2 aliphatic rings. The molecule has 4 rings (SSSR count). The van der Waals surface area contributed by atoms with Gasteiger partial charge in [0.1, 0.15) is 11.4 Å². The second-order valence-electron chi connectivity index (χ2n) is 9.40. The molecule has 2 aromatic rings. The van der Waals surface area contributed by atoms with Crippen LogP contribution in [0.1, 0.15) is 49.5 Å². The van der Waals surface area contributed by atoms with Crippen LogP contribution in [0.2, 0.25) is 0 Å². The molecule has 1 saturated heterocycles. The Labute approximate surface area is 199 Å². The van der Waals surface area contributed by atoms with Crippen LogP contribution in [0.3, 0.4) is 0 Å². The molecule has 1 aliphatic heterocycles. The van der Waals surface area contributed by atoms with Crippen LogP contribution in [-0.4, -0.2) is 71.2 Å². The molecule has 2 heterocycles. The van der Waals surface area contributed by atoms with Crippen LogP contribution >= 0.6 is 0 Å². The lowest BCUT2D eigenvalue weighted by Gasteiger charge is -2.42. The van der Waals surface area contributed by atoms with E-state index in [0.717, 1.165) is 48.8 Å². The van der Waals surface area contributed by atoms with Crippen molar-refractivity contribution in [1.82, 2.24) is 14.4 Å². The van der Waals surface area contributed by atoms with E-state index in [1.807, 2.05) is 42.8 Å². The van der Waals surface area contributed by atoms with Gasteiger partial charge in [0, 0.05) is 50.1 Å². The minimum atomic E-state index is -0.919. The van der Waals surface area contributed by atoms with Gasteiger partial charge in [-0.05, 0) is 38.0 Å². The van der Waals surface area contributed by atoms with Crippen LogP contribution in [0.5, 0.6) is 5.75 Å². The monoisotopic (exact) mass is 470 g/mol. The third-order valence-electron chi connectivity index (χ3n) is 7.23. The molecule has 1 aliphatic carbocycles. The van der Waals surface area contributed by atoms with Crippen molar-refractivity contribution in [2.75, 3.05) is 26.7 Å². The quantitative estimate of drug-likeness (QED) is 0.723. The van der Waals surface area contributed by atoms with Crippen molar-refractivity contribution >= 4 is 28.8 Å². The van der Waals surface area contributed by atoms with Crippen molar-refractivity contribution in [2.24, 2.45) is 18.7 Å². The van der Waals surface area contributed by atoms with E-state index < -0.39 is 12.2 Å². The lowest BCUT2D eigenvalue weighted by Crippen LogP contribution is -2.59. The number of amides is 3. The lowest BCUT2D eigenvalue weighted by molar-refractivity contribution is -0.148. The normalized spacial score (nSPS) is 20.3. The van der Waals surface area contributed by atoms with E-state index in [1.165, 1.54) is 0 Å². The third kappa shape index (κ3) is 4.69. The number of nitrogens with two attached hydrogens (primary N) is 1. The van der Waals surface area contributed by atoms with Crippen molar-refractivity contribution < 1.29 is 23.9 Å². The third-order valence-corrected chi connectivity index (χ3v) is 7.23. The van der Waals surface area contributed by atoms with Gasteiger partial charge in [-0.25, -0.2) is 4.79 Å². The summed E-state index contributed by atoms with van der Waals surface area (Å²) in [6.07, 6.45) is 3.10. The first-order chi connectivity index (χ1) is 16.3. The van der Waals surface area contributed by atoms with E-state index >= 15 is 0 Å². The number of hydrogen-bond acceptors (Lipinski definition) is 5. The zero-order valence-electron chi connectivity index (χ0n) is 20.2. The number of rotatable bonds is 5. The summed E-state index contributed by atoms with van der Waals surface area (Å²) in [4.78, 5) is 41.8. The summed E-state index contributed by atoms with van der Waals surface area (Å²) < 4.78 is 12.5. The maximum atomic E-state index is 13.4. The second-order valence-corrected chi connectivity index (χ2v) is 9.40. The highest BCUT2D eigenvalue weighted by atomic mass is 16.6. The highest BCUT2D eigenvalue weighted by molar-refractivity contribution is 5.99. The lowest BCUT2D eigenvalue weighted by atomic mass is 9.84. The zero-order chi connectivity index (χ0) is 24.4. The number of aromatic nitrogens is 1. The predicted octanol–water partition coefficient (Wildman–Crippen LogP) is 2.90. The molecule has 2 atom stereocenters. The first-order valence-electron chi connectivity index (χ1n) is 12.0. The Hall–Kier alpha value is -3.23. The van der Waals surface area contributed by atoms with E-state index in [2.05, 4.69) is 0 Å². The van der Waals surface area contributed by atoms with Crippen LogP contribution in [-0.2, 0) is 16.6 Å². The molecule has 0 unspecified atom stereocenters. The van der Waals surface area contributed by atoms with E-state index in [4.69, 9.17) is 15.2 Å². The number of fused-ring (bicyclic) bond motifs is 1. The van der Waals surface area contributed by atoms with Gasteiger partial charge in [-0.1, -0.05) is 19.3 Å². The Balaban J connectivity index is 1.47. The fourth-order valence-corrected chi connectivity index (χ4v) is 5.35. The first-order valence-corrected chi connectivity index (χ1v) is 12.0. The maximum absolute atomic E-state index is 13.4. The summed E-state index contributed by atoms with van der Waals surface area (Å²) in [6.45, 7) is 3.12. The van der Waals surface area contributed by atoms with Gasteiger partial charge in [0.15, 0.2) is 6.10 Å². The van der Waals surface area contributed by atoms with Crippen LogP contribution in [0.4, 0.5) is 4.79 Å². The first kappa shape index (κ1) is 23.9. The highest BCUT2D eigenvalue weighted by Crippen LogP contribution is 2.30. The van der Waals surface area contributed by atoms with Gasteiger partial charge >= 0.3 is 6.09 Å². The number of nitrogens with zero attached hydrogens (tertiary/aromatic N) is 3. The van der Waals surface area contributed by atoms with Crippen LogP contribution in [0.25, 0.3) is 10.9 Å². The molecule has 1 saturated carbocycles. The molecule has 0 spiro atoms. The number of methoxy groups -OCH3 is 1. The molecular formula is C25H34N4O5. The molecule has 0 bridgehead atoms. The molecule has 2 N–H and O–H groups in total. The van der Waals surface area contributed by atoms with Crippen LogP contribution < -0.4 is 10.5 Å². The Morgan fingerprint density at radius 3 is 2.47 bits per heavy atom. The van der Waals surface area contributed by atoms with Crippen molar-refractivity contribution in [1.29, 1.82) is 0 Å². The number of benzene rings is 1. The van der Waals surface area contributed by atoms with Gasteiger partial charge in [-0.3, -0.25) is 9.59 Å². The van der Waals surface area contributed by atoms with E-state index in [9.17, 15) is 14.4 Å².